The molecule has 0 heterocycles. The van der Waals surface area contributed by atoms with Crippen molar-refractivity contribution in [3.63, 3.8) is 0 Å². The summed E-state index contributed by atoms with van der Waals surface area (Å²) >= 11 is 1.98. The average Bonchev–Trinajstić information content (AvgIpc) is 2.25. The zero-order valence-corrected chi connectivity index (χ0v) is 14.4. The van der Waals surface area contributed by atoms with E-state index in [4.69, 9.17) is 5.73 Å². The summed E-state index contributed by atoms with van der Waals surface area (Å²) in [4.78, 5) is 12.4. The lowest BCUT2D eigenvalue weighted by molar-refractivity contribution is -0.126. The molecule has 3 heteroatoms. The second-order valence-electron chi connectivity index (χ2n) is 6.50. The van der Waals surface area contributed by atoms with Crippen LogP contribution in [0.15, 0.2) is 0 Å². The zero-order valence-electron chi connectivity index (χ0n) is 13.6. The second kappa shape index (κ2) is 9.82. The number of carbonyl (C=O) groups excluding carboxylic acids is 1. The van der Waals surface area contributed by atoms with E-state index in [9.17, 15) is 4.79 Å². The maximum Gasteiger partial charge on any atom is 0.138 e. The Hall–Kier alpha value is -0.0200. The van der Waals surface area contributed by atoms with Crippen molar-refractivity contribution in [1.29, 1.82) is 0 Å². The summed E-state index contributed by atoms with van der Waals surface area (Å²) in [7, 11) is 0. The molecule has 0 aromatic carbocycles. The molecule has 0 saturated carbocycles. The molecule has 0 fully saturated rings. The fourth-order valence-corrected chi connectivity index (χ4v) is 3.88. The maximum atomic E-state index is 12.4. The molecule has 2 atom stereocenters. The van der Waals surface area contributed by atoms with Crippen LogP contribution in [-0.4, -0.2) is 22.8 Å². The Kier molecular flexibility index (Phi) is 9.81. The molecule has 19 heavy (non-hydrogen) atoms. The Morgan fingerprint density at radius 3 is 2.00 bits per heavy atom. The van der Waals surface area contributed by atoms with Crippen molar-refractivity contribution >= 4 is 17.5 Å². The summed E-state index contributed by atoms with van der Waals surface area (Å²) in [5, 5.41) is 1.13. The highest BCUT2D eigenvalue weighted by molar-refractivity contribution is 8.00. The van der Waals surface area contributed by atoms with Gasteiger partial charge in [-0.3, -0.25) is 4.79 Å². The molecule has 0 saturated heterocycles. The van der Waals surface area contributed by atoms with Crippen LogP contribution in [0, 0.1) is 17.8 Å². The molecule has 0 aliphatic heterocycles. The molecule has 0 aliphatic rings. The number of Topliss-reactive ketones (excluding diaryl/α,β-unsaturated/α-hetero) is 1. The van der Waals surface area contributed by atoms with Gasteiger partial charge in [-0.25, -0.2) is 0 Å². The molecule has 0 rings (SSSR count). The van der Waals surface area contributed by atoms with Gasteiger partial charge in [-0.1, -0.05) is 41.5 Å². The van der Waals surface area contributed by atoms with Gasteiger partial charge in [0.1, 0.15) is 5.78 Å². The van der Waals surface area contributed by atoms with Gasteiger partial charge in [0, 0.05) is 17.1 Å². The molecule has 2 unspecified atom stereocenters. The smallest absolute Gasteiger partial charge is 0.138 e. The van der Waals surface area contributed by atoms with Crippen molar-refractivity contribution in [3.8, 4) is 0 Å². The number of rotatable bonds is 10. The summed E-state index contributed by atoms with van der Waals surface area (Å²) < 4.78 is 0. The van der Waals surface area contributed by atoms with E-state index < -0.39 is 0 Å². The van der Waals surface area contributed by atoms with Gasteiger partial charge < -0.3 is 5.73 Å². The first-order chi connectivity index (χ1) is 8.77. The summed E-state index contributed by atoms with van der Waals surface area (Å²) in [6.07, 6.45) is 3.02. The van der Waals surface area contributed by atoms with Crippen molar-refractivity contribution in [3.05, 3.63) is 0 Å². The topological polar surface area (TPSA) is 43.1 Å². The number of carbonyl (C=O) groups is 1. The molecule has 0 aromatic heterocycles. The Morgan fingerprint density at radius 2 is 1.63 bits per heavy atom. The molecule has 0 aliphatic carbocycles. The highest BCUT2D eigenvalue weighted by Crippen LogP contribution is 2.30. The van der Waals surface area contributed by atoms with Gasteiger partial charge in [0.25, 0.3) is 0 Å². The predicted molar refractivity (Wildman–Crippen MR) is 87.6 cm³/mol. The van der Waals surface area contributed by atoms with E-state index in [0.717, 1.165) is 19.3 Å². The van der Waals surface area contributed by atoms with E-state index >= 15 is 0 Å². The third-order valence-corrected chi connectivity index (χ3v) is 4.59. The lowest BCUT2D eigenvalue weighted by Crippen LogP contribution is -2.26. The van der Waals surface area contributed by atoms with Gasteiger partial charge in [0.15, 0.2) is 0 Å². The summed E-state index contributed by atoms with van der Waals surface area (Å²) in [5.41, 5.74) is 5.72. The molecular formula is C16H33NOS. The van der Waals surface area contributed by atoms with E-state index in [1.807, 2.05) is 25.6 Å². The SMILES string of the molecule is CC(C)CC(CC(CCN)SC(C)C)C(=O)C(C)C. The zero-order chi connectivity index (χ0) is 15.0. The Morgan fingerprint density at radius 1 is 1.05 bits per heavy atom. The van der Waals surface area contributed by atoms with Gasteiger partial charge in [-0.2, -0.15) is 11.8 Å². The van der Waals surface area contributed by atoms with E-state index in [1.165, 1.54) is 0 Å². The Labute approximate surface area is 124 Å². The van der Waals surface area contributed by atoms with Crippen molar-refractivity contribution in [2.75, 3.05) is 6.54 Å². The van der Waals surface area contributed by atoms with Crippen LogP contribution in [-0.2, 0) is 4.79 Å². The summed E-state index contributed by atoms with van der Waals surface area (Å²) in [6, 6.07) is 0. The number of ketones is 1. The number of hydrogen-bond donors (Lipinski definition) is 1. The predicted octanol–water partition coefficient (Wildman–Crippen LogP) is 4.12. The van der Waals surface area contributed by atoms with E-state index in [1.54, 1.807) is 0 Å². The normalized spacial score (nSPS) is 15.3. The van der Waals surface area contributed by atoms with Gasteiger partial charge >= 0.3 is 0 Å². The fraction of sp³-hybridized carbons (Fsp3) is 0.938. The van der Waals surface area contributed by atoms with Gasteiger partial charge in [0.2, 0.25) is 0 Å². The quantitative estimate of drug-likeness (QED) is 0.657. The molecule has 114 valence electrons. The standard InChI is InChI=1S/C16H33NOS/c1-11(2)9-14(16(18)12(3)4)10-15(7-8-17)19-13(5)6/h11-15H,7-10,17H2,1-6H3. The minimum atomic E-state index is 0.145. The molecular weight excluding hydrogens is 254 g/mol. The highest BCUT2D eigenvalue weighted by atomic mass is 32.2. The molecule has 2 N–H and O–H groups in total. The molecule has 0 radical (unpaired) electrons. The summed E-state index contributed by atoms with van der Waals surface area (Å²) in [6.45, 7) is 13.6. The van der Waals surface area contributed by atoms with Crippen LogP contribution in [0.1, 0.15) is 60.8 Å². The molecule has 0 bridgehead atoms. The van der Waals surface area contributed by atoms with Crippen molar-refractivity contribution in [2.45, 2.75) is 71.3 Å². The number of hydrogen-bond acceptors (Lipinski definition) is 3. The van der Waals surface area contributed by atoms with Crippen LogP contribution >= 0.6 is 11.8 Å². The Bertz CT molecular complexity index is 251. The van der Waals surface area contributed by atoms with Crippen molar-refractivity contribution < 1.29 is 4.79 Å². The Balaban J connectivity index is 4.68. The minimum absolute atomic E-state index is 0.145. The van der Waals surface area contributed by atoms with Crippen LogP contribution in [0.2, 0.25) is 0 Å². The maximum absolute atomic E-state index is 12.4. The first-order valence-corrected chi connectivity index (χ1v) is 8.61. The molecule has 0 amide bonds. The van der Waals surface area contributed by atoms with Gasteiger partial charge in [-0.05, 0) is 37.0 Å². The highest BCUT2D eigenvalue weighted by Gasteiger charge is 2.26. The van der Waals surface area contributed by atoms with Crippen LogP contribution in [0.5, 0.6) is 0 Å². The monoisotopic (exact) mass is 287 g/mol. The lowest BCUT2D eigenvalue weighted by atomic mass is 9.84. The van der Waals surface area contributed by atoms with E-state index in [2.05, 4.69) is 27.7 Å². The number of nitrogens with two attached hydrogens (primary N) is 1. The van der Waals surface area contributed by atoms with Crippen LogP contribution < -0.4 is 5.73 Å². The fourth-order valence-electron chi connectivity index (χ4n) is 2.50. The minimum Gasteiger partial charge on any atom is -0.330 e. The van der Waals surface area contributed by atoms with E-state index in [0.29, 0.717) is 28.7 Å². The summed E-state index contributed by atoms with van der Waals surface area (Å²) in [5.74, 6) is 1.37. The second-order valence-corrected chi connectivity index (χ2v) is 8.39. The average molecular weight is 288 g/mol. The van der Waals surface area contributed by atoms with Crippen LogP contribution in [0.4, 0.5) is 0 Å². The third-order valence-electron chi connectivity index (χ3n) is 3.23. The number of thioether (sulfide) groups is 1. The third kappa shape index (κ3) is 8.69. The van der Waals surface area contributed by atoms with Crippen molar-refractivity contribution in [2.24, 2.45) is 23.5 Å². The van der Waals surface area contributed by atoms with Crippen LogP contribution in [0.3, 0.4) is 0 Å². The van der Waals surface area contributed by atoms with Gasteiger partial charge in [-0.15, -0.1) is 0 Å². The largest absolute Gasteiger partial charge is 0.330 e. The lowest BCUT2D eigenvalue weighted by Gasteiger charge is -2.26. The molecule has 0 spiro atoms. The molecule has 2 nitrogen and oxygen atoms in total. The van der Waals surface area contributed by atoms with Gasteiger partial charge in [0.05, 0.1) is 0 Å². The first-order valence-electron chi connectivity index (χ1n) is 7.67. The van der Waals surface area contributed by atoms with Crippen molar-refractivity contribution in [1.82, 2.24) is 0 Å². The van der Waals surface area contributed by atoms with Crippen LogP contribution in [0.25, 0.3) is 0 Å². The first kappa shape index (κ1) is 19.0. The molecule has 0 aromatic rings. The van der Waals surface area contributed by atoms with E-state index in [-0.39, 0.29) is 11.8 Å².